The Kier molecular flexibility index (Phi) is 6.57. The molecule has 2 N–H and O–H groups in total. The first-order chi connectivity index (χ1) is 12.3. The number of benzene rings is 1. The zero-order valence-electron chi connectivity index (χ0n) is 14.6. The number of carbonyl (C=O) groups excluding carboxylic acids is 1. The Morgan fingerprint density at radius 3 is 2.50 bits per heavy atom. The minimum absolute atomic E-state index is 0.0895. The predicted octanol–water partition coefficient (Wildman–Crippen LogP) is 3.53. The molecule has 0 saturated carbocycles. The minimum atomic E-state index is -4.46. The standard InChI is InChI=1S/C18H21F3N4O/c1-25(2)11-5-10-22-17(26)13-8-9-16(23-12-13)24-15-7-4-3-6-14(15)18(19,20)21/h3-4,6-9,12H,5,10-11H2,1-2H3,(H,22,26)(H,23,24). The van der Waals surface area contributed by atoms with Gasteiger partial charge in [-0.25, -0.2) is 4.98 Å². The van der Waals surface area contributed by atoms with E-state index in [1.54, 1.807) is 0 Å². The lowest BCUT2D eigenvalue weighted by Gasteiger charge is -2.14. The van der Waals surface area contributed by atoms with Crippen molar-refractivity contribution in [3.8, 4) is 0 Å². The molecule has 26 heavy (non-hydrogen) atoms. The van der Waals surface area contributed by atoms with Crippen LogP contribution in [0.2, 0.25) is 0 Å². The highest BCUT2D eigenvalue weighted by atomic mass is 19.4. The highest BCUT2D eigenvalue weighted by molar-refractivity contribution is 5.94. The summed E-state index contributed by atoms with van der Waals surface area (Å²) >= 11 is 0. The van der Waals surface area contributed by atoms with Crippen molar-refractivity contribution in [2.45, 2.75) is 12.6 Å². The van der Waals surface area contributed by atoms with E-state index < -0.39 is 11.7 Å². The van der Waals surface area contributed by atoms with Gasteiger partial charge in [0.25, 0.3) is 5.91 Å². The quantitative estimate of drug-likeness (QED) is 0.736. The number of nitrogens with one attached hydrogen (secondary N) is 2. The van der Waals surface area contributed by atoms with E-state index >= 15 is 0 Å². The van der Waals surface area contributed by atoms with Crippen molar-refractivity contribution in [3.63, 3.8) is 0 Å². The first-order valence-corrected chi connectivity index (χ1v) is 8.09. The van der Waals surface area contributed by atoms with Crippen LogP contribution in [0.1, 0.15) is 22.3 Å². The molecule has 1 amide bonds. The van der Waals surface area contributed by atoms with Gasteiger partial charge in [-0.1, -0.05) is 12.1 Å². The zero-order chi connectivity index (χ0) is 19.2. The van der Waals surface area contributed by atoms with Crippen LogP contribution < -0.4 is 10.6 Å². The van der Waals surface area contributed by atoms with E-state index in [1.165, 1.54) is 36.5 Å². The van der Waals surface area contributed by atoms with Gasteiger partial charge in [0, 0.05) is 12.7 Å². The van der Waals surface area contributed by atoms with Gasteiger partial charge in [-0.05, 0) is 51.3 Å². The van der Waals surface area contributed by atoms with Gasteiger partial charge in [-0.3, -0.25) is 4.79 Å². The molecule has 0 radical (unpaired) electrons. The molecule has 0 aliphatic carbocycles. The summed E-state index contributed by atoms with van der Waals surface area (Å²) in [6, 6.07) is 8.15. The topological polar surface area (TPSA) is 57.3 Å². The molecule has 140 valence electrons. The highest BCUT2D eigenvalue weighted by Crippen LogP contribution is 2.35. The Labute approximate surface area is 150 Å². The minimum Gasteiger partial charge on any atom is -0.352 e. The molecular formula is C18H21F3N4O. The maximum Gasteiger partial charge on any atom is 0.418 e. The fourth-order valence-corrected chi connectivity index (χ4v) is 2.28. The largest absolute Gasteiger partial charge is 0.418 e. The van der Waals surface area contributed by atoms with Crippen LogP contribution in [0, 0.1) is 0 Å². The van der Waals surface area contributed by atoms with Crippen LogP contribution in [0.25, 0.3) is 0 Å². The lowest BCUT2D eigenvalue weighted by molar-refractivity contribution is -0.136. The van der Waals surface area contributed by atoms with Crippen LogP contribution in [-0.2, 0) is 6.18 Å². The molecule has 0 atom stereocenters. The summed E-state index contributed by atoms with van der Waals surface area (Å²) in [6.45, 7) is 1.40. The van der Waals surface area contributed by atoms with Crippen LogP contribution in [-0.4, -0.2) is 43.0 Å². The van der Waals surface area contributed by atoms with Gasteiger partial charge < -0.3 is 15.5 Å². The highest BCUT2D eigenvalue weighted by Gasteiger charge is 2.33. The molecule has 2 aromatic rings. The average Bonchev–Trinajstić information content (AvgIpc) is 2.58. The molecule has 0 spiro atoms. The van der Waals surface area contributed by atoms with Crippen LogP contribution >= 0.6 is 0 Å². The monoisotopic (exact) mass is 366 g/mol. The van der Waals surface area contributed by atoms with E-state index in [0.29, 0.717) is 12.1 Å². The van der Waals surface area contributed by atoms with Crippen molar-refractivity contribution >= 4 is 17.4 Å². The molecule has 5 nitrogen and oxygen atoms in total. The number of alkyl halides is 3. The average molecular weight is 366 g/mol. The molecule has 1 aromatic heterocycles. The second-order valence-electron chi connectivity index (χ2n) is 6.01. The van der Waals surface area contributed by atoms with E-state index in [2.05, 4.69) is 15.6 Å². The van der Waals surface area contributed by atoms with Crippen molar-refractivity contribution in [3.05, 3.63) is 53.7 Å². The van der Waals surface area contributed by atoms with Crippen molar-refractivity contribution < 1.29 is 18.0 Å². The summed E-state index contributed by atoms with van der Waals surface area (Å²) in [6.07, 6.45) is -2.31. The van der Waals surface area contributed by atoms with Crippen LogP contribution in [0.4, 0.5) is 24.7 Å². The predicted molar refractivity (Wildman–Crippen MR) is 94.5 cm³/mol. The SMILES string of the molecule is CN(C)CCCNC(=O)c1ccc(Nc2ccccc2C(F)(F)F)nc1. The summed E-state index contributed by atoms with van der Waals surface area (Å²) in [5, 5.41) is 5.42. The maximum absolute atomic E-state index is 13.0. The Balaban J connectivity index is 1.99. The lowest BCUT2D eigenvalue weighted by Crippen LogP contribution is -2.27. The van der Waals surface area contributed by atoms with Crippen molar-refractivity contribution in [2.24, 2.45) is 0 Å². The Bertz CT molecular complexity index is 730. The summed E-state index contributed by atoms with van der Waals surface area (Å²) in [7, 11) is 3.91. The number of carbonyl (C=O) groups is 1. The Hall–Kier alpha value is -2.61. The van der Waals surface area contributed by atoms with Crippen molar-refractivity contribution in [2.75, 3.05) is 32.5 Å². The van der Waals surface area contributed by atoms with Gasteiger partial charge in [0.1, 0.15) is 5.82 Å². The van der Waals surface area contributed by atoms with E-state index in [4.69, 9.17) is 0 Å². The Morgan fingerprint density at radius 1 is 1.15 bits per heavy atom. The van der Waals surface area contributed by atoms with Gasteiger partial charge in [0.05, 0.1) is 16.8 Å². The third-order valence-electron chi connectivity index (χ3n) is 3.59. The van der Waals surface area contributed by atoms with Gasteiger partial charge in [0.15, 0.2) is 0 Å². The molecular weight excluding hydrogens is 345 g/mol. The van der Waals surface area contributed by atoms with Gasteiger partial charge in [0.2, 0.25) is 0 Å². The molecule has 0 saturated heterocycles. The number of aromatic nitrogens is 1. The van der Waals surface area contributed by atoms with E-state index in [-0.39, 0.29) is 17.4 Å². The number of para-hydroxylation sites is 1. The summed E-state index contributed by atoms with van der Waals surface area (Å²) in [4.78, 5) is 18.1. The third kappa shape index (κ3) is 5.73. The first-order valence-electron chi connectivity index (χ1n) is 8.09. The molecule has 0 aliphatic rings. The fourth-order valence-electron chi connectivity index (χ4n) is 2.28. The number of hydrogen-bond donors (Lipinski definition) is 2. The number of amides is 1. The number of rotatable bonds is 7. The van der Waals surface area contributed by atoms with Crippen molar-refractivity contribution in [1.82, 2.24) is 15.2 Å². The Morgan fingerprint density at radius 2 is 1.88 bits per heavy atom. The number of hydrogen-bond acceptors (Lipinski definition) is 4. The van der Waals surface area contributed by atoms with Crippen LogP contribution in [0.5, 0.6) is 0 Å². The zero-order valence-corrected chi connectivity index (χ0v) is 14.6. The second-order valence-corrected chi connectivity index (χ2v) is 6.01. The maximum atomic E-state index is 13.0. The fraction of sp³-hybridized carbons (Fsp3) is 0.333. The molecule has 0 bridgehead atoms. The van der Waals surface area contributed by atoms with Crippen LogP contribution in [0.15, 0.2) is 42.6 Å². The lowest BCUT2D eigenvalue weighted by atomic mass is 10.1. The van der Waals surface area contributed by atoms with Gasteiger partial charge >= 0.3 is 6.18 Å². The molecule has 1 heterocycles. The smallest absolute Gasteiger partial charge is 0.352 e. The molecule has 2 rings (SSSR count). The third-order valence-corrected chi connectivity index (χ3v) is 3.59. The van der Waals surface area contributed by atoms with E-state index in [1.807, 2.05) is 19.0 Å². The summed E-state index contributed by atoms with van der Waals surface area (Å²) in [5.74, 6) is -0.0376. The van der Waals surface area contributed by atoms with Crippen molar-refractivity contribution in [1.29, 1.82) is 0 Å². The van der Waals surface area contributed by atoms with E-state index in [0.717, 1.165) is 19.0 Å². The number of anilines is 2. The molecule has 0 fully saturated rings. The number of halogens is 3. The first kappa shape index (κ1) is 19.7. The second kappa shape index (κ2) is 8.66. The van der Waals surface area contributed by atoms with Gasteiger partial charge in [-0.2, -0.15) is 13.2 Å². The molecule has 0 aliphatic heterocycles. The van der Waals surface area contributed by atoms with Gasteiger partial charge in [-0.15, -0.1) is 0 Å². The van der Waals surface area contributed by atoms with E-state index in [9.17, 15) is 18.0 Å². The molecule has 0 unspecified atom stereocenters. The molecule has 8 heteroatoms. The molecule has 1 aromatic carbocycles. The number of pyridine rings is 1. The van der Waals surface area contributed by atoms with Crippen LogP contribution in [0.3, 0.4) is 0 Å². The normalized spacial score (nSPS) is 11.5. The summed E-state index contributed by atoms with van der Waals surface area (Å²) in [5.41, 5.74) is -0.512. The number of nitrogens with zero attached hydrogens (tertiary/aromatic N) is 2. The summed E-state index contributed by atoms with van der Waals surface area (Å²) < 4.78 is 39.0.